The molecule has 0 saturated carbocycles. The molecule has 1 atom stereocenters. The fourth-order valence-corrected chi connectivity index (χ4v) is 1.05. The number of nitrogens with two attached hydrogens (primary N) is 1. The molecule has 0 aliphatic rings. The lowest BCUT2D eigenvalue weighted by Crippen LogP contribution is -2.14. The fourth-order valence-electron chi connectivity index (χ4n) is 1.05. The van der Waals surface area contributed by atoms with Crippen molar-refractivity contribution in [2.24, 2.45) is 0 Å². The lowest BCUT2D eigenvalue weighted by molar-refractivity contribution is -0.0232. The highest BCUT2D eigenvalue weighted by Gasteiger charge is 2.03. The number of nitrogen functional groups attached to an aromatic ring is 1. The lowest BCUT2D eigenvalue weighted by Gasteiger charge is -2.12. The predicted molar refractivity (Wildman–Crippen MR) is 52.4 cm³/mol. The van der Waals surface area contributed by atoms with E-state index in [-0.39, 0.29) is 0 Å². The maximum atomic E-state index is 9.33. The third-order valence-corrected chi connectivity index (χ3v) is 1.67. The Bertz CT molecular complexity index is 263. The molecule has 3 N–H and O–H groups in total. The molecule has 0 amide bonds. The predicted octanol–water partition coefficient (Wildman–Crippen LogP) is 1.77. The molecule has 1 aromatic carbocycles. The molecule has 0 fully saturated rings. The largest absolute Gasteiger partial charge is 0.465 e. The summed E-state index contributed by atoms with van der Waals surface area (Å²) < 4.78 is 5.21. The minimum atomic E-state index is -0.730. The van der Waals surface area contributed by atoms with Gasteiger partial charge in [-0.25, -0.2) is 0 Å². The van der Waals surface area contributed by atoms with E-state index in [0.29, 0.717) is 17.9 Å². The van der Waals surface area contributed by atoms with Crippen LogP contribution >= 0.6 is 0 Å². The van der Waals surface area contributed by atoms with Crippen molar-refractivity contribution < 1.29 is 9.84 Å². The van der Waals surface area contributed by atoms with Gasteiger partial charge in [0.05, 0.1) is 0 Å². The van der Waals surface area contributed by atoms with Crippen molar-refractivity contribution in [1.82, 2.24) is 0 Å². The van der Waals surface area contributed by atoms with Crippen LogP contribution in [0.2, 0.25) is 0 Å². The number of rotatable bonds is 4. The second-order valence-electron chi connectivity index (χ2n) is 2.93. The first kappa shape index (κ1) is 9.86. The van der Waals surface area contributed by atoms with Crippen LogP contribution in [0.15, 0.2) is 24.3 Å². The Balaban J connectivity index is 2.53. The summed E-state index contributed by atoms with van der Waals surface area (Å²) in [5.41, 5.74) is 6.19. The highest BCUT2D eigenvalue weighted by atomic mass is 16.6. The van der Waals surface area contributed by atoms with Crippen molar-refractivity contribution in [2.75, 3.05) is 5.73 Å². The first-order valence-corrected chi connectivity index (χ1v) is 4.42. The summed E-state index contributed by atoms with van der Waals surface area (Å²) in [6, 6.07) is 7.04. The van der Waals surface area contributed by atoms with Crippen LogP contribution in [0.4, 0.5) is 5.69 Å². The standard InChI is InChI=1S/C10H15NO2/c1-2-4-10(12)13-9-6-3-5-8(11)7-9/h3,5-7,10,12H,2,4,11H2,1H3. The Kier molecular flexibility index (Phi) is 3.58. The fraction of sp³-hybridized carbons (Fsp3) is 0.400. The zero-order chi connectivity index (χ0) is 9.68. The van der Waals surface area contributed by atoms with E-state index in [0.717, 1.165) is 6.42 Å². The summed E-state index contributed by atoms with van der Waals surface area (Å²) in [6.07, 6.45) is 0.796. The summed E-state index contributed by atoms with van der Waals surface area (Å²) in [4.78, 5) is 0. The van der Waals surface area contributed by atoms with Crippen molar-refractivity contribution in [1.29, 1.82) is 0 Å². The molecule has 0 aromatic heterocycles. The molecule has 1 unspecified atom stereocenters. The Hall–Kier alpha value is -1.22. The van der Waals surface area contributed by atoms with E-state index in [9.17, 15) is 5.11 Å². The highest BCUT2D eigenvalue weighted by molar-refractivity contribution is 5.43. The van der Waals surface area contributed by atoms with Crippen LogP contribution in [-0.2, 0) is 0 Å². The van der Waals surface area contributed by atoms with Gasteiger partial charge in [-0.1, -0.05) is 19.4 Å². The first-order chi connectivity index (χ1) is 6.22. The average molecular weight is 181 g/mol. The van der Waals surface area contributed by atoms with Gasteiger partial charge in [-0.3, -0.25) is 0 Å². The molecular weight excluding hydrogens is 166 g/mol. The average Bonchev–Trinajstić information content (AvgIpc) is 2.04. The molecule has 72 valence electrons. The summed E-state index contributed by atoms with van der Waals surface area (Å²) in [6.45, 7) is 1.99. The van der Waals surface area contributed by atoms with Crippen molar-refractivity contribution in [3.8, 4) is 5.75 Å². The minimum Gasteiger partial charge on any atom is -0.465 e. The molecule has 1 aromatic rings. The summed E-state index contributed by atoms with van der Waals surface area (Å²) in [5.74, 6) is 0.612. The molecule has 3 nitrogen and oxygen atoms in total. The summed E-state index contributed by atoms with van der Waals surface area (Å²) >= 11 is 0. The third-order valence-electron chi connectivity index (χ3n) is 1.67. The van der Waals surface area contributed by atoms with Gasteiger partial charge in [0.25, 0.3) is 0 Å². The van der Waals surface area contributed by atoms with E-state index in [1.54, 1.807) is 24.3 Å². The molecule has 0 saturated heterocycles. The molecule has 0 spiro atoms. The van der Waals surface area contributed by atoms with Crippen LogP contribution in [0, 0.1) is 0 Å². The molecule has 0 radical (unpaired) electrons. The SMILES string of the molecule is CCCC(O)Oc1cccc(N)c1. The Labute approximate surface area is 78.1 Å². The number of ether oxygens (including phenoxy) is 1. The molecule has 0 bridgehead atoms. The molecule has 0 heterocycles. The number of benzene rings is 1. The maximum Gasteiger partial charge on any atom is 0.197 e. The van der Waals surface area contributed by atoms with Gasteiger partial charge in [-0.05, 0) is 12.1 Å². The van der Waals surface area contributed by atoms with E-state index in [1.165, 1.54) is 0 Å². The van der Waals surface area contributed by atoms with Crippen LogP contribution < -0.4 is 10.5 Å². The second-order valence-corrected chi connectivity index (χ2v) is 2.93. The van der Waals surface area contributed by atoms with Gasteiger partial charge in [0.2, 0.25) is 0 Å². The van der Waals surface area contributed by atoms with Crippen molar-refractivity contribution in [3.63, 3.8) is 0 Å². The quantitative estimate of drug-likeness (QED) is 0.549. The number of aliphatic hydroxyl groups excluding tert-OH is 1. The minimum absolute atomic E-state index is 0.612. The number of anilines is 1. The van der Waals surface area contributed by atoms with Crippen molar-refractivity contribution in [2.45, 2.75) is 26.1 Å². The summed E-state index contributed by atoms with van der Waals surface area (Å²) in [7, 11) is 0. The molecular formula is C10H15NO2. The topological polar surface area (TPSA) is 55.5 Å². The van der Waals surface area contributed by atoms with Gasteiger partial charge < -0.3 is 15.6 Å². The van der Waals surface area contributed by atoms with Crippen LogP contribution in [0.5, 0.6) is 5.75 Å². The van der Waals surface area contributed by atoms with Crippen LogP contribution in [0.25, 0.3) is 0 Å². The zero-order valence-electron chi connectivity index (χ0n) is 7.73. The van der Waals surface area contributed by atoms with Gasteiger partial charge in [0.15, 0.2) is 6.29 Å². The van der Waals surface area contributed by atoms with Gasteiger partial charge >= 0.3 is 0 Å². The van der Waals surface area contributed by atoms with E-state index < -0.39 is 6.29 Å². The zero-order valence-corrected chi connectivity index (χ0v) is 7.73. The number of aliphatic hydroxyl groups is 1. The van der Waals surface area contributed by atoms with Gasteiger partial charge in [0.1, 0.15) is 5.75 Å². The Morgan fingerprint density at radius 1 is 1.54 bits per heavy atom. The molecule has 3 heteroatoms. The Morgan fingerprint density at radius 2 is 2.31 bits per heavy atom. The highest BCUT2D eigenvalue weighted by Crippen LogP contribution is 2.16. The summed E-state index contributed by atoms with van der Waals surface area (Å²) in [5, 5.41) is 9.33. The molecule has 13 heavy (non-hydrogen) atoms. The Morgan fingerprint density at radius 3 is 2.92 bits per heavy atom. The molecule has 0 aliphatic heterocycles. The van der Waals surface area contributed by atoms with Crippen molar-refractivity contribution in [3.05, 3.63) is 24.3 Å². The molecule has 0 aliphatic carbocycles. The van der Waals surface area contributed by atoms with E-state index in [1.807, 2.05) is 6.92 Å². The van der Waals surface area contributed by atoms with Crippen molar-refractivity contribution >= 4 is 5.69 Å². The smallest absolute Gasteiger partial charge is 0.197 e. The second kappa shape index (κ2) is 4.72. The number of hydrogen-bond donors (Lipinski definition) is 2. The van der Waals surface area contributed by atoms with Gasteiger partial charge in [-0.15, -0.1) is 0 Å². The molecule has 1 rings (SSSR count). The van der Waals surface area contributed by atoms with E-state index in [2.05, 4.69) is 0 Å². The van der Waals surface area contributed by atoms with Gasteiger partial charge in [0, 0.05) is 18.2 Å². The monoisotopic (exact) mass is 181 g/mol. The van der Waals surface area contributed by atoms with E-state index in [4.69, 9.17) is 10.5 Å². The van der Waals surface area contributed by atoms with Crippen LogP contribution in [0.1, 0.15) is 19.8 Å². The maximum absolute atomic E-state index is 9.33. The van der Waals surface area contributed by atoms with Crippen LogP contribution in [0.3, 0.4) is 0 Å². The van der Waals surface area contributed by atoms with E-state index >= 15 is 0 Å². The van der Waals surface area contributed by atoms with Crippen LogP contribution in [-0.4, -0.2) is 11.4 Å². The third kappa shape index (κ3) is 3.34. The number of hydrogen-bond acceptors (Lipinski definition) is 3. The lowest BCUT2D eigenvalue weighted by atomic mass is 10.3. The normalized spacial score (nSPS) is 12.5. The van der Waals surface area contributed by atoms with Gasteiger partial charge in [-0.2, -0.15) is 0 Å². The first-order valence-electron chi connectivity index (χ1n) is 4.42.